The third-order valence-corrected chi connectivity index (χ3v) is 3.05. The predicted molar refractivity (Wildman–Crippen MR) is 75.0 cm³/mol. The highest BCUT2D eigenvalue weighted by Gasteiger charge is 2.19. The van der Waals surface area contributed by atoms with Crippen LogP contribution >= 0.6 is 0 Å². The number of morpholine rings is 1. The van der Waals surface area contributed by atoms with Crippen LogP contribution in [0.15, 0.2) is 0 Å². The molecule has 0 radical (unpaired) electrons. The lowest BCUT2D eigenvalue weighted by Gasteiger charge is -2.33. The van der Waals surface area contributed by atoms with E-state index in [2.05, 4.69) is 31.0 Å². The summed E-state index contributed by atoms with van der Waals surface area (Å²) in [6.45, 7) is 14.3. The van der Waals surface area contributed by atoms with Crippen LogP contribution in [0.1, 0.15) is 27.2 Å². The van der Waals surface area contributed by atoms with Gasteiger partial charge in [0.1, 0.15) is 0 Å². The number of hydrogen-bond acceptors (Lipinski definition) is 4. The van der Waals surface area contributed by atoms with Crippen molar-refractivity contribution in [3.05, 3.63) is 0 Å². The van der Waals surface area contributed by atoms with Gasteiger partial charge in [-0.05, 0) is 18.9 Å². The van der Waals surface area contributed by atoms with E-state index in [1.807, 2.05) is 0 Å². The SMILES string of the molecule is CCCOCCN1CCOC(CNCC(C)C)C1. The van der Waals surface area contributed by atoms with Crippen molar-refractivity contribution < 1.29 is 9.47 Å². The number of nitrogens with zero attached hydrogens (tertiary/aromatic N) is 1. The Morgan fingerprint density at radius 2 is 2.22 bits per heavy atom. The Balaban J connectivity index is 2.08. The molecule has 0 spiro atoms. The van der Waals surface area contributed by atoms with E-state index in [0.717, 1.165) is 59.0 Å². The smallest absolute Gasteiger partial charge is 0.0826 e. The first kappa shape index (κ1) is 15.9. The summed E-state index contributed by atoms with van der Waals surface area (Å²) < 4.78 is 11.3. The number of rotatable bonds is 9. The van der Waals surface area contributed by atoms with Crippen LogP contribution in [0, 0.1) is 5.92 Å². The molecular weight excluding hydrogens is 228 g/mol. The second kappa shape index (κ2) is 9.73. The minimum absolute atomic E-state index is 0.337. The summed E-state index contributed by atoms with van der Waals surface area (Å²) in [4.78, 5) is 2.45. The van der Waals surface area contributed by atoms with Crippen molar-refractivity contribution in [1.29, 1.82) is 0 Å². The zero-order valence-electron chi connectivity index (χ0n) is 12.3. The van der Waals surface area contributed by atoms with Crippen LogP contribution in [-0.4, -0.2) is 63.5 Å². The van der Waals surface area contributed by atoms with Crippen molar-refractivity contribution in [3.8, 4) is 0 Å². The average molecular weight is 258 g/mol. The zero-order valence-corrected chi connectivity index (χ0v) is 12.3. The monoisotopic (exact) mass is 258 g/mol. The molecule has 0 aliphatic carbocycles. The standard InChI is InChI=1S/C14H30N2O2/c1-4-7-17-8-5-16-6-9-18-14(12-16)11-15-10-13(2)3/h13-15H,4-12H2,1-3H3. The van der Waals surface area contributed by atoms with Gasteiger partial charge in [-0.2, -0.15) is 0 Å². The lowest BCUT2D eigenvalue weighted by Crippen LogP contribution is -2.47. The Hall–Kier alpha value is -0.160. The molecule has 1 heterocycles. The minimum Gasteiger partial charge on any atom is -0.380 e. The van der Waals surface area contributed by atoms with E-state index in [0.29, 0.717) is 12.0 Å². The fraction of sp³-hybridized carbons (Fsp3) is 1.00. The molecule has 0 aromatic carbocycles. The molecule has 1 N–H and O–H groups in total. The van der Waals surface area contributed by atoms with Gasteiger partial charge in [-0.15, -0.1) is 0 Å². The Morgan fingerprint density at radius 3 is 2.94 bits per heavy atom. The lowest BCUT2D eigenvalue weighted by molar-refractivity contribution is -0.0349. The number of hydrogen-bond donors (Lipinski definition) is 1. The largest absolute Gasteiger partial charge is 0.380 e. The topological polar surface area (TPSA) is 33.7 Å². The molecule has 1 rings (SSSR count). The molecule has 0 aromatic heterocycles. The average Bonchev–Trinajstić information content (AvgIpc) is 2.35. The van der Waals surface area contributed by atoms with Crippen molar-refractivity contribution in [2.24, 2.45) is 5.92 Å². The van der Waals surface area contributed by atoms with Gasteiger partial charge in [0.15, 0.2) is 0 Å². The third-order valence-electron chi connectivity index (χ3n) is 3.05. The van der Waals surface area contributed by atoms with Crippen molar-refractivity contribution in [1.82, 2.24) is 10.2 Å². The second-order valence-corrected chi connectivity index (χ2v) is 5.46. The molecule has 1 atom stereocenters. The lowest BCUT2D eigenvalue weighted by atomic mass is 10.2. The van der Waals surface area contributed by atoms with E-state index in [1.165, 1.54) is 0 Å². The maximum atomic E-state index is 5.77. The Kier molecular flexibility index (Phi) is 8.59. The van der Waals surface area contributed by atoms with Crippen molar-refractivity contribution in [2.75, 3.05) is 52.5 Å². The van der Waals surface area contributed by atoms with Crippen LogP contribution in [0.3, 0.4) is 0 Å². The van der Waals surface area contributed by atoms with Crippen LogP contribution in [-0.2, 0) is 9.47 Å². The second-order valence-electron chi connectivity index (χ2n) is 5.46. The van der Waals surface area contributed by atoms with Gasteiger partial charge in [0, 0.05) is 32.8 Å². The van der Waals surface area contributed by atoms with E-state index in [-0.39, 0.29) is 0 Å². The maximum Gasteiger partial charge on any atom is 0.0826 e. The molecule has 0 amide bonds. The first-order chi connectivity index (χ1) is 8.72. The molecule has 108 valence electrons. The van der Waals surface area contributed by atoms with Gasteiger partial charge in [-0.1, -0.05) is 20.8 Å². The van der Waals surface area contributed by atoms with Gasteiger partial charge in [0.2, 0.25) is 0 Å². The first-order valence-electron chi connectivity index (χ1n) is 7.34. The van der Waals surface area contributed by atoms with Gasteiger partial charge < -0.3 is 14.8 Å². The molecule has 0 saturated carbocycles. The van der Waals surface area contributed by atoms with Crippen molar-refractivity contribution in [2.45, 2.75) is 33.3 Å². The maximum absolute atomic E-state index is 5.77. The van der Waals surface area contributed by atoms with Crippen LogP contribution in [0.25, 0.3) is 0 Å². The van der Waals surface area contributed by atoms with Gasteiger partial charge in [-0.25, -0.2) is 0 Å². The number of nitrogens with one attached hydrogen (secondary N) is 1. The summed E-state index contributed by atoms with van der Waals surface area (Å²) in [5.41, 5.74) is 0. The molecule has 4 nitrogen and oxygen atoms in total. The summed E-state index contributed by atoms with van der Waals surface area (Å²) in [5, 5.41) is 3.47. The van der Waals surface area contributed by atoms with Gasteiger partial charge in [0.05, 0.1) is 19.3 Å². The summed E-state index contributed by atoms with van der Waals surface area (Å²) in [7, 11) is 0. The van der Waals surface area contributed by atoms with E-state index in [1.54, 1.807) is 0 Å². The summed E-state index contributed by atoms with van der Waals surface area (Å²) in [5.74, 6) is 0.701. The Labute approximate surface area is 112 Å². The Bertz CT molecular complexity index is 200. The minimum atomic E-state index is 0.337. The van der Waals surface area contributed by atoms with E-state index in [9.17, 15) is 0 Å². The van der Waals surface area contributed by atoms with Crippen molar-refractivity contribution in [3.63, 3.8) is 0 Å². The molecule has 18 heavy (non-hydrogen) atoms. The van der Waals surface area contributed by atoms with Crippen LogP contribution in [0.4, 0.5) is 0 Å². The van der Waals surface area contributed by atoms with E-state index >= 15 is 0 Å². The number of ether oxygens (including phenoxy) is 2. The normalized spacial score (nSPS) is 21.7. The predicted octanol–water partition coefficient (Wildman–Crippen LogP) is 1.36. The van der Waals surface area contributed by atoms with Crippen LogP contribution in [0.5, 0.6) is 0 Å². The van der Waals surface area contributed by atoms with Gasteiger partial charge in [0.25, 0.3) is 0 Å². The highest BCUT2D eigenvalue weighted by Crippen LogP contribution is 2.04. The van der Waals surface area contributed by atoms with E-state index < -0.39 is 0 Å². The van der Waals surface area contributed by atoms with Gasteiger partial charge in [-0.3, -0.25) is 4.90 Å². The van der Waals surface area contributed by atoms with Crippen molar-refractivity contribution >= 4 is 0 Å². The van der Waals surface area contributed by atoms with Crippen LogP contribution in [0.2, 0.25) is 0 Å². The summed E-state index contributed by atoms with van der Waals surface area (Å²) >= 11 is 0. The van der Waals surface area contributed by atoms with Crippen LogP contribution < -0.4 is 5.32 Å². The highest BCUT2D eigenvalue weighted by molar-refractivity contribution is 4.73. The zero-order chi connectivity index (χ0) is 13.2. The van der Waals surface area contributed by atoms with Gasteiger partial charge >= 0.3 is 0 Å². The molecule has 1 aliphatic heterocycles. The Morgan fingerprint density at radius 1 is 1.39 bits per heavy atom. The first-order valence-corrected chi connectivity index (χ1v) is 7.34. The molecule has 1 fully saturated rings. The molecule has 0 bridgehead atoms. The summed E-state index contributed by atoms with van der Waals surface area (Å²) in [6.07, 6.45) is 1.44. The quantitative estimate of drug-likeness (QED) is 0.633. The summed E-state index contributed by atoms with van der Waals surface area (Å²) in [6, 6.07) is 0. The fourth-order valence-corrected chi connectivity index (χ4v) is 2.08. The molecule has 0 aromatic rings. The molecule has 1 saturated heterocycles. The highest BCUT2D eigenvalue weighted by atomic mass is 16.5. The fourth-order valence-electron chi connectivity index (χ4n) is 2.08. The third kappa shape index (κ3) is 7.31. The molecular formula is C14H30N2O2. The molecule has 1 aliphatic rings. The molecule has 1 unspecified atom stereocenters. The van der Waals surface area contributed by atoms with E-state index in [4.69, 9.17) is 9.47 Å². The molecule has 4 heteroatoms.